The molecule has 3 aromatic rings. The molecule has 3 aromatic carbocycles. The number of Topliss-reactive ketones (excluding diaryl/α,β-unsaturated/α-hetero) is 1. The fourth-order valence-electron chi connectivity index (χ4n) is 5.64. The maximum absolute atomic E-state index is 13.8. The SMILES string of the molecule is CSc1ccc(C(=O)C2CN(C(=O)Oc3ccc(Cl)cc3)C[C@@H]2CCc2cc(C)c(OC(C)(C)C(=O)OC(C)(C)C)c(C)c2)cc1. The van der Waals surface area contributed by atoms with E-state index in [0.717, 1.165) is 21.6 Å². The Morgan fingerprint density at radius 2 is 1.52 bits per heavy atom. The van der Waals surface area contributed by atoms with Gasteiger partial charge in [0.25, 0.3) is 0 Å². The number of nitrogens with zero attached hydrogens (tertiary/aromatic N) is 1. The molecule has 4 rings (SSSR count). The first kappa shape index (κ1) is 35.4. The van der Waals surface area contributed by atoms with Gasteiger partial charge in [0.2, 0.25) is 0 Å². The van der Waals surface area contributed by atoms with Gasteiger partial charge in [0.05, 0.1) is 0 Å². The quantitative estimate of drug-likeness (QED) is 0.122. The fourth-order valence-corrected chi connectivity index (χ4v) is 6.18. The zero-order valence-corrected chi connectivity index (χ0v) is 29.5. The van der Waals surface area contributed by atoms with Crippen LogP contribution in [0.25, 0.3) is 0 Å². The van der Waals surface area contributed by atoms with E-state index in [1.807, 2.05) is 65.1 Å². The molecule has 1 unspecified atom stereocenters. The first-order valence-electron chi connectivity index (χ1n) is 15.5. The Kier molecular flexibility index (Phi) is 11.2. The van der Waals surface area contributed by atoms with Crippen LogP contribution < -0.4 is 9.47 Å². The number of carbonyl (C=O) groups excluding carboxylic acids is 3. The number of amides is 1. The lowest BCUT2D eigenvalue weighted by atomic mass is 9.84. The number of aryl methyl sites for hydroxylation is 3. The number of likely N-dealkylation sites (tertiary alicyclic amines) is 1. The lowest BCUT2D eigenvalue weighted by molar-refractivity contribution is -0.171. The number of benzene rings is 3. The summed E-state index contributed by atoms with van der Waals surface area (Å²) in [5.74, 6) is 0.224. The second-order valence-electron chi connectivity index (χ2n) is 13.4. The summed E-state index contributed by atoms with van der Waals surface area (Å²) < 4.78 is 17.4. The Morgan fingerprint density at radius 1 is 0.913 bits per heavy atom. The number of carbonyl (C=O) groups is 3. The van der Waals surface area contributed by atoms with Gasteiger partial charge in [0, 0.05) is 34.5 Å². The first-order chi connectivity index (χ1) is 21.6. The van der Waals surface area contributed by atoms with Crippen LogP contribution in [-0.4, -0.2) is 53.3 Å². The number of ketones is 1. The summed E-state index contributed by atoms with van der Waals surface area (Å²) in [6, 6.07) is 18.4. The number of esters is 1. The van der Waals surface area contributed by atoms with Crippen LogP contribution in [0, 0.1) is 25.7 Å². The summed E-state index contributed by atoms with van der Waals surface area (Å²) in [5.41, 5.74) is 1.77. The molecule has 9 heteroatoms. The highest BCUT2D eigenvalue weighted by Gasteiger charge is 2.40. The smallest absolute Gasteiger partial charge is 0.415 e. The molecular formula is C37H44ClNO6S. The van der Waals surface area contributed by atoms with E-state index in [2.05, 4.69) is 12.1 Å². The van der Waals surface area contributed by atoms with Crippen LogP contribution in [0.3, 0.4) is 0 Å². The minimum absolute atomic E-state index is 0.0277. The van der Waals surface area contributed by atoms with Crippen LogP contribution >= 0.6 is 23.4 Å². The van der Waals surface area contributed by atoms with E-state index in [-0.39, 0.29) is 24.2 Å². The number of halogens is 1. The van der Waals surface area contributed by atoms with E-state index in [0.29, 0.717) is 41.5 Å². The number of hydrogen-bond acceptors (Lipinski definition) is 7. The third kappa shape index (κ3) is 9.07. The van der Waals surface area contributed by atoms with Gasteiger partial charge in [-0.15, -0.1) is 11.8 Å². The zero-order chi connectivity index (χ0) is 33.8. The summed E-state index contributed by atoms with van der Waals surface area (Å²) in [7, 11) is 0. The molecule has 0 saturated carbocycles. The topological polar surface area (TPSA) is 82.1 Å². The molecule has 1 heterocycles. The molecule has 2 atom stereocenters. The maximum Gasteiger partial charge on any atom is 0.415 e. The molecule has 0 aliphatic carbocycles. The summed E-state index contributed by atoms with van der Waals surface area (Å²) in [5, 5.41) is 0.552. The van der Waals surface area contributed by atoms with Crippen molar-refractivity contribution < 1.29 is 28.6 Å². The Hall–Kier alpha value is -3.49. The molecule has 246 valence electrons. The summed E-state index contributed by atoms with van der Waals surface area (Å²) in [6.45, 7) is 13.5. The van der Waals surface area contributed by atoms with E-state index in [1.165, 1.54) is 0 Å². The second-order valence-corrected chi connectivity index (χ2v) is 14.7. The van der Waals surface area contributed by atoms with Crippen molar-refractivity contribution in [3.8, 4) is 11.5 Å². The minimum Gasteiger partial charge on any atom is -0.476 e. The molecule has 1 saturated heterocycles. The number of rotatable bonds is 10. The standard InChI is InChI=1S/C37H44ClNO6S/c1-23-19-25(20-24(2)33(23)44-37(6,7)34(41)45-36(3,4)5)9-10-27-21-39(35(42)43-29-15-13-28(38)14-16-29)22-31(27)32(40)26-11-17-30(46-8)18-12-26/h11-20,27,31H,9-10,21-22H2,1-8H3/t27-,31?/m0/s1. The van der Waals surface area contributed by atoms with Gasteiger partial charge in [-0.25, -0.2) is 9.59 Å². The average Bonchev–Trinajstić information content (AvgIpc) is 3.42. The van der Waals surface area contributed by atoms with Crippen molar-refractivity contribution in [2.45, 2.75) is 77.4 Å². The normalized spacial score (nSPS) is 16.7. The summed E-state index contributed by atoms with van der Waals surface area (Å²) in [6.07, 6.45) is 2.92. The molecule has 7 nitrogen and oxygen atoms in total. The van der Waals surface area contributed by atoms with Gasteiger partial charge < -0.3 is 19.1 Å². The Balaban J connectivity index is 1.50. The van der Waals surface area contributed by atoms with Gasteiger partial charge >= 0.3 is 12.1 Å². The van der Waals surface area contributed by atoms with E-state index in [9.17, 15) is 14.4 Å². The predicted molar refractivity (Wildman–Crippen MR) is 183 cm³/mol. The average molecular weight is 666 g/mol. The number of ether oxygens (including phenoxy) is 3. The van der Waals surface area contributed by atoms with Gasteiger partial charge in [0.1, 0.15) is 17.1 Å². The third-order valence-corrected chi connectivity index (χ3v) is 9.00. The minimum atomic E-state index is -1.17. The van der Waals surface area contributed by atoms with Crippen LogP contribution in [0.5, 0.6) is 11.5 Å². The number of hydrogen-bond donors (Lipinski definition) is 0. The monoisotopic (exact) mass is 665 g/mol. The first-order valence-corrected chi connectivity index (χ1v) is 17.1. The van der Waals surface area contributed by atoms with Gasteiger partial charge in [-0.3, -0.25) is 4.79 Å². The molecule has 0 N–H and O–H groups in total. The molecule has 0 radical (unpaired) electrons. The molecule has 1 aliphatic heterocycles. The van der Waals surface area contributed by atoms with Gasteiger partial charge in [-0.05, 0) is 127 Å². The third-order valence-electron chi connectivity index (χ3n) is 8.00. The van der Waals surface area contributed by atoms with Gasteiger partial charge in [-0.2, -0.15) is 0 Å². The molecule has 0 aromatic heterocycles. The highest BCUT2D eigenvalue weighted by atomic mass is 35.5. The molecule has 46 heavy (non-hydrogen) atoms. The van der Waals surface area contributed by atoms with Crippen molar-refractivity contribution in [2.75, 3.05) is 19.3 Å². The van der Waals surface area contributed by atoms with Crippen molar-refractivity contribution in [3.05, 3.63) is 87.9 Å². The van der Waals surface area contributed by atoms with Crippen molar-refractivity contribution in [3.63, 3.8) is 0 Å². The van der Waals surface area contributed by atoms with Crippen molar-refractivity contribution in [1.82, 2.24) is 4.90 Å². The van der Waals surface area contributed by atoms with E-state index in [4.69, 9.17) is 25.8 Å². The molecule has 1 aliphatic rings. The van der Waals surface area contributed by atoms with Crippen LogP contribution in [0.2, 0.25) is 5.02 Å². The molecular weight excluding hydrogens is 622 g/mol. The van der Waals surface area contributed by atoms with E-state index < -0.39 is 23.3 Å². The lowest BCUT2D eigenvalue weighted by Crippen LogP contribution is -2.43. The van der Waals surface area contributed by atoms with Crippen molar-refractivity contribution >= 4 is 41.2 Å². The Labute approximate surface area is 281 Å². The largest absolute Gasteiger partial charge is 0.476 e. The highest BCUT2D eigenvalue weighted by molar-refractivity contribution is 7.98. The van der Waals surface area contributed by atoms with E-state index in [1.54, 1.807) is 54.8 Å². The van der Waals surface area contributed by atoms with Crippen molar-refractivity contribution in [2.24, 2.45) is 11.8 Å². The van der Waals surface area contributed by atoms with Crippen molar-refractivity contribution in [1.29, 1.82) is 0 Å². The fraction of sp³-hybridized carbons (Fsp3) is 0.432. The number of thioether (sulfide) groups is 1. The van der Waals surface area contributed by atoms with Gasteiger partial charge in [-0.1, -0.05) is 35.9 Å². The van der Waals surface area contributed by atoms with Gasteiger partial charge in [0.15, 0.2) is 11.4 Å². The van der Waals surface area contributed by atoms with Crippen LogP contribution in [0.1, 0.15) is 68.1 Å². The Morgan fingerprint density at radius 3 is 2.09 bits per heavy atom. The Bertz CT molecular complexity index is 1540. The van der Waals surface area contributed by atoms with E-state index >= 15 is 0 Å². The maximum atomic E-state index is 13.8. The highest BCUT2D eigenvalue weighted by Crippen LogP contribution is 2.34. The van der Waals surface area contributed by atoms with Crippen LogP contribution in [0.4, 0.5) is 4.79 Å². The summed E-state index contributed by atoms with van der Waals surface area (Å²) in [4.78, 5) is 42.5. The second kappa shape index (κ2) is 14.5. The molecule has 0 bridgehead atoms. The molecule has 1 fully saturated rings. The predicted octanol–water partition coefficient (Wildman–Crippen LogP) is 8.74. The lowest BCUT2D eigenvalue weighted by Gasteiger charge is -2.30. The molecule has 1 amide bonds. The van der Waals surface area contributed by atoms with Crippen LogP contribution in [-0.2, 0) is 16.0 Å². The summed E-state index contributed by atoms with van der Waals surface area (Å²) >= 11 is 7.61. The van der Waals surface area contributed by atoms with Crippen LogP contribution in [0.15, 0.2) is 65.6 Å². The molecule has 0 spiro atoms. The zero-order valence-electron chi connectivity index (χ0n) is 27.9.